The van der Waals surface area contributed by atoms with Gasteiger partial charge >= 0.3 is 0 Å². The lowest BCUT2D eigenvalue weighted by Gasteiger charge is -2.29. The van der Waals surface area contributed by atoms with Crippen molar-refractivity contribution in [3.63, 3.8) is 0 Å². The highest BCUT2D eigenvalue weighted by Gasteiger charge is 2.20. The van der Waals surface area contributed by atoms with Crippen molar-refractivity contribution >= 4 is 11.8 Å². The molecule has 0 spiro atoms. The Morgan fingerprint density at radius 2 is 1.82 bits per heavy atom. The number of carbonyl (C=O) groups is 2. The van der Waals surface area contributed by atoms with Crippen molar-refractivity contribution in [2.45, 2.75) is 32.7 Å². The molecule has 3 aromatic rings. The van der Waals surface area contributed by atoms with E-state index in [0.717, 1.165) is 6.42 Å². The molecule has 33 heavy (non-hydrogen) atoms. The molecule has 2 heterocycles. The Morgan fingerprint density at radius 3 is 2.61 bits per heavy atom. The highest BCUT2D eigenvalue weighted by molar-refractivity contribution is 5.92. The molecule has 0 saturated carbocycles. The smallest absolute Gasteiger partial charge is 0.275 e. The minimum atomic E-state index is -0.649. The average Bonchev–Trinajstić information content (AvgIpc) is 2.82. The Hall–Kier alpha value is -3.81. The molecular formula is C25H25FN4O3. The van der Waals surface area contributed by atoms with Gasteiger partial charge in [-0.2, -0.15) is 5.10 Å². The van der Waals surface area contributed by atoms with E-state index in [0.29, 0.717) is 31.6 Å². The van der Waals surface area contributed by atoms with Gasteiger partial charge in [-0.05, 0) is 43.0 Å². The first-order valence-corrected chi connectivity index (χ1v) is 10.9. The van der Waals surface area contributed by atoms with E-state index in [4.69, 9.17) is 0 Å². The number of nitrogens with one attached hydrogen (secondary N) is 1. The first kappa shape index (κ1) is 22.4. The van der Waals surface area contributed by atoms with Crippen molar-refractivity contribution in [3.8, 4) is 5.69 Å². The van der Waals surface area contributed by atoms with Gasteiger partial charge in [0.2, 0.25) is 11.3 Å². The molecular weight excluding hydrogens is 423 g/mol. The zero-order valence-electron chi connectivity index (χ0n) is 18.4. The van der Waals surface area contributed by atoms with E-state index in [9.17, 15) is 18.8 Å². The number of nitrogens with zero attached hydrogens (tertiary/aromatic N) is 3. The van der Waals surface area contributed by atoms with Gasteiger partial charge in [0.1, 0.15) is 11.5 Å². The Bertz CT molecular complexity index is 1250. The van der Waals surface area contributed by atoms with Crippen LogP contribution in [0.5, 0.6) is 0 Å². The fraction of sp³-hybridized carbons (Fsp3) is 0.280. The van der Waals surface area contributed by atoms with E-state index < -0.39 is 17.2 Å². The fourth-order valence-electron chi connectivity index (χ4n) is 3.96. The van der Waals surface area contributed by atoms with Crippen LogP contribution in [-0.2, 0) is 17.8 Å². The predicted molar refractivity (Wildman–Crippen MR) is 122 cm³/mol. The van der Waals surface area contributed by atoms with E-state index in [1.54, 1.807) is 19.1 Å². The lowest BCUT2D eigenvalue weighted by atomic mass is 9.99. The summed E-state index contributed by atoms with van der Waals surface area (Å²) in [6, 6.07) is 15.4. The van der Waals surface area contributed by atoms with Gasteiger partial charge in [0.25, 0.3) is 5.91 Å². The summed E-state index contributed by atoms with van der Waals surface area (Å²) >= 11 is 0. The number of hydrogen-bond acceptors (Lipinski definition) is 4. The first-order valence-electron chi connectivity index (χ1n) is 10.9. The summed E-state index contributed by atoms with van der Waals surface area (Å²) in [4.78, 5) is 39.3. The molecule has 2 amide bonds. The van der Waals surface area contributed by atoms with Crippen LogP contribution in [0.25, 0.3) is 5.69 Å². The molecule has 4 rings (SSSR count). The third-order valence-corrected chi connectivity index (χ3v) is 5.74. The van der Waals surface area contributed by atoms with Crippen LogP contribution in [0.3, 0.4) is 0 Å². The van der Waals surface area contributed by atoms with Crippen molar-refractivity contribution in [1.82, 2.24) is 20.0 Å². The van der Waals surface area contributed by atoms with Gasteiger partial charge in [0.05, 0.1) is 0 Å². The summed E-state index contributed by atoms with van der Waals surface area (Å²) < 4.78 is 15.4. The predicted octanol–water partition coefficient (Wildman–Crippen LogP) is 2.77. The molecule has 1 aliphatic heterocycles. The largest absolute Gasteiger partial charge is 0.351 e. The first-order chi connectivity index (χ1) is 15.9. The number of rotatable bonds is 6. The minimum Gasteiger partial charge on any atom is -0.351 e. The molecule has 0 fully saturated rings. The van der Waals surface area contributed by atoms with Gasteiger partial charge in [-0.25, -0.2) is 9.07 Å². The van der Waals surface area contributed by atoms with E-state index >= 15 is 0 Å². The second-order valence-electron chi connectivity index (χ2n) is 8.06. The van der Waals surface area contributed by atoms with E-state index in [1.165, 1.54) is 34.0 Å². The van der Waals surface area contributed by atoms with Crippen LogP contribution < -0.4 is 10.7 Å². The van der Waals surface area contributed by atoms with Gasteiger partial charge in [-0.3, -0.25) is 14.4 Å². The maximum Gasteiger partial charge on any atom is 0.275 e. The second kappa shape index (κ2) is 9.77. The minimum absolute atomic E-state index is 0.0362. The Kier molecular flexibility index (Phi) is 6.63. The highest BCUT2D eigenvalue weighted by Crippen LogP contribution is 2.19. The van der Waals surface area contributed by atoms with Crippen molar-refractivity contribution in [1.29, 1.82) is 0 Å². The number of hydrogen-bond donors (Lipinski definition) is 1. The fourth-order valence-corrected chi connectivity index (χ4v) is 3.96. The van der Waals surface area contributed by atoms with Crippen LogP contribution in [0.2, 0.25) is 0 Å². The number of aromatic nitrogens is 2. The van der Waals surface area contributed by atoms with Crippen molar-refractivity contribution < 1.29 is 14.0 Å². The maximum atomic E-state index is 14.2. The highest BCUT2D eigenvalue weighted by atomic mass is 19.1. The Morgan fingerprint density at radius 1 is 1.09 bits per heavy atom. The van der Waals surface area contributed by atoms with Gasteiger partial charge in [0.15, 0.2) is 5.69 Å². The molecule has 0 aliphatic carbocycles. The topological polar surface area (TPSA) is 84.3 Å². The molecule has 2 aromatic carbocycles. The van der Waals surface area contributed by atoms with Gasteiger partial charge in [-0.1, -0.05) is 36.4 Å². The van der Waals surface area contributed by atoms with Crippen LogP contribution in [0.4, 0.5) is 4.39 Å². The number of para-hydroxylation sites is 1. The summed E-state index contributed by atoms with van der Waals surface area (Å²) in [5, 5.41) is 6.74. The van der Waals surface area contributed by atoms with Crippen molar-refractivity contribution in [3.05, 3.63) is 93.2 Å². The molecule has 8 heteroatoms. The normalized spacial score (nSPS) is 12.8. The van der Waals surface area contributed by atoms with Crippen molar-refractivity contribution in [2.24, 2.45) is 0 Å². The standard InChI is InChI=1S/C25H25FN4O3/c1-17-15-22(31)24(28-30(17)21-10-5-4-9-20(21)26)25(33)27-13-6-11-23(32)29-14-12-18-7-2-3-8-19(18)16-29/h2-5,7-10,15H,6,11-14,16H2,1H3,(H,27,33). The lowest BCUT2D eigenvalue weighted by Crippen LogP contribution is -2.36. The summed E-state index contributed by atoms with van der Waals surface area (Å²) in [6.07, 6.45) is 1.57. The number of fused-ring (bicyclic) bond motifs is 1. The third kappa shape index (κ3) is 5.00. The maximum absolute atomic E-state index is 14.2. The van der Waals surface area contributed by atoms with E-state index in [2.05, 4.69) is 16.5 Å². The quantitative estimate of drug-likeness (QED) is 0.588. The Balaban J connectivity index is 1.34. The van der Waals surface area contributed by atoms with Gasteiger partial charge in [-0.15, -0.1) is 0 Å². The summed E-state index contributed by atoms with van der Waals surface area (Å²) in [6.45, 7) is 3.13. The summed E-state index contributed by atoms with van der Waals surface area (Å²) in [5.41, 5.74) is 2.15. The monoisotopic (exact) mass is 448 g/mol. The van der Waals surface area contributed by atoms with Crippen molar-refractivity contribution in [2.75, 3.05) is 13.1 Å². The zero-order chi connectivity index (χ0) is 23.4. The Labute approximate surface area is 190 Å². The molecule has 0 bridgehead atoms. The zero-order valence-corrected chi connectivity index (χ0v) is 18.4. The SMILES string of the molecule is Cc1cc(=O)c(C(=O)NCCCC(=O)N2CCc3ccccc3C2)nn1-c1ccccc1F. The van der Waals surface area contributed by atoms with Crippen LogP contribution in [-0.4, -0.2) is 39.6 Å². The number of carbonyl (C=O) groups excluding carboxylic acids is 2. The molecule has 7 nitrogen and oxygen atoms in total. The number of amides is 2. The van der Waals surface area contributed by atoms with Crippen LogP contribution >= 0.6 is 0 Å². The van der Waals surface area contributed by atoms with Gasteiger partial charge < -0.3 is 10.2 Å². The number of benzene rings is 2. The summed E-state index contributed by atoms with van der Waals surface area (Å²) in [5.74, 6) is -1.12. The average molecular weight is 448 g/mol. The number of aryl methyl sites for hydroxylation is 1. The molecule has 0 radical (unpaired) electrons. The van der Waals surface area contributed by atoms with Crippen LogP contribution in [0, 0.1) is 12.7 Å². The van der Waals surface area contributed by atoms with Crippen LogP contribution in [0.1, 0.15) is 40.2 Å². The summed E-state index contributed by atoms with van der Waals surface area (Å²) in [7, 11) is 0. The van der Waals surface area contributed by atoms with Crippen LogP contribution in [0.15, 0.2) is 59.4 Å². The van der Waals surface area contributed by atoms with E-state index in [-0.39, 0.29) is 23.8 Å². The van der Waals surface area contributed by atoms with E-state index in [1.807, 2.05) is 23.1 Å². The lowest BCUT2D eigenvalue weighted by molar-refractivity contribution is -0.132. The molecule has 0 unspecified atom stereocenters. The molecule has 0 atom stereocenters. The molecule has 170 valence electrons. The molecule has 0 saturated heterocycles. The molecule has 1 N–H and O–H groups in total. The number of halogens is 1. The molecule has 1 aliphatic rings. The van der Waals surface area contributed by atoms with Gasteiger partial charge in [0, 0.05) is 37.8 Å². The molecule has 1 aromatic heterocycles. The third-order valence-electron chi connectivity index (χ3n) is 5.74. The second-order valence-corrected chi connectivity index (χ2v) is 8.06.